The number of nitrogens with zero attached hydrogens (tertiary/aromatic N) is 4. The van der Waals surface area contributed by atoms with Crippen molar-refractivity contribution in [3.63, 3.8) is 0 Å². The zero-order chi connectivity index (χ0) is 23.7. The van der Waals surface area contributed by atoms with Crippen molar-refractivity contribution in [2.24, 2.45) is 5.92 Å². The molecule has 35 heavy (non-hydrogen) atoms. The summed E-state index contributed by atoms with van der Waals surface area (Å²) in [5.41, 5.74) is 0.0397. The van der Waals surface area contributed by atoms with E-state index in [1.165, 1.54) is 24.5 Å². The number of piperazine rings is 1. The molecule has 2 aromatic heterocycles. The number of ether oxygens (including phenoxy) is 2. The fourth-order valence-electron chi connectivity index (χ4n) is 5.82. The van der Waals surface area contributed by atoms with Crippen molar-refractivity contribution >= 4 is 28.4 Å². The number of rotatable bonds is 6. The highest BCUT2D eigenvalue weighted by Gasteiger charge is 2.52. The maximum Gasteiger partial charge on any atom is 0.202 e. The van der Waals surface area contributed by atoms with Crippen LogP contribution in [0.2, 0.25) is 0 Å². The van der Waals surface area contributed by atoms with Gasteiger partial charge in [-0.2, -0.15) is 4.39 Å². The van der Waals surface area contributed by atoms with Crippen molar-refractivity contribution in [2.75, 3.05) is 36.5 Å². The van der Waals surface area contributed by atoms with E-state index in [1.54, 1.807) is 0 Å². The van der Waals surface area contributed by atoms with E-state index in [9.17, 15) is 13.2 Å². The molecule has 11 heteroatoms. The molecule has 5 aliphatic rings. The second-order valence-electron chi connectivity index (χ2n) is 9.95. The predicted molar refractivity (Wildman–Crippen MR) is 121 cm³/mol. The average molecular weight is 484 g/mol. The fourth-order valence-corrected chi connectivity index (χ4v) is 5.82. The van der Waals surface area contributed by atoms with Gasteiger partial charge in [-0.25, -0.2) is 23.7 Å². The van der Waals surface area contributed by atoms with Crippen LogP contribution in [0.25, 0.3) is 11.0 Å². The minimum Gasteiger partial charge on any atom is -0.487 e. The van der Waals surface area contributed by atoms with Crippen LogP contribution in [0.4, 0.5) is 30.5 Å². The quantitative estimate of drug-likeness (QED) is 0.552. The van der Waals surface area contributed by atoms with Gasteiger partial charge in [-0.05, 0) is 37.3 Å². The maximum absolute atomic E-state index is 15.0. The Morgan fingerprint density at radius 1 is 1.20 bits per heavy atom. The molecule has 8 nitrogen and oxygen atoms in total. The van der Waals surface area contributed by atoms with Crippen molar-refractivity contribution in [3.05, 3.63) is 42.0 Å². The third-order valence-electron chi connectivity index (χ3n) is 7.61. The molecule has 0 spiro atoms. The van der Waals surface area contributed by atoms with Gasteiger partial charge in [0.1, 0.15) is 24.1 Å². The maximum atomic E-state index is 15.0. The Kier molecular flexibility index (Phi) is 4.62. The summed E-state index contributed by atoms with van der Waals surface area (Å²) in [4.78, 5) is 14.7. The number of hydrogen-bond donors (Lipinski definition) is 2. The van der Waals surface area contributed by atoms with Gasteiger partial charge in [0.25, 0.3) is 0 Å². The number of anilines is 3. The average Bonchev–Trinajstić information content (AvgIpc) is 3.62. The summed E-state index contributed by atoms with van der Waals surface area (Å²) in [6.07, 6.45) is 3.94. The summed E-state index contributed by atoms with van der Waals surface area (Å²) < 4.78 is 55.9. The van der Waals surface area contributed by atoms with Gasteiger partial charge in [0.05, 0.1) is 17.8 Å². The topological polar surface area (TPSA) is 84.4 Å². The molecule has 6 heterocycles. The monoisotopic (exact) mass is 484 g/mol. The molecule has 3 aromatic rings. The van der Waals surface area contributed by atoms with E-state index < -0.39 is 17.5 Å². The van der Waals surface area contributed by atoms with Gasteiger partial charge in [-0.3, -0.25) is 0 Å². The summed E-state index contributed by atoms with van der Waals surface area (Å²) in [7, 11) is 0. The highest BCUT2D eigenvalue weighted by molar-refractivity contribution is 5.88. The van der Waals surface area contributed by atoms with Crippen molar-refractivity contribution in [1.82, 2.24) is 20.3 Å². The van der Waals surface area contributed by atoms with Crippen LogP contribution in [0, 0.1) is 23.4 Å². The molecule has 0 radical (unpaired) electrons. The van der Waals surface area contributed by atoms with Crippen LogP contribution in [-0.4, -0.2) is 58.9 Å². The van der Waals surface area contributed by atoms with E-state index >= 15 is 0 Å². The van der Waals surface area contributed by atoms with Gasteiger partial charge in [0.15, 0.2) is 29.0 Å². The number of nitrogens with one attached hydrogen (secondary N) is 2. The number of pyridine rings is 1. The highest BCUT2D eigenvalue weighted by atomic mass is 19.2. The first kappa shape index (κ1) is 21.1. The first-order valence-electron chi connectivity index (χ1n) is 11.8. The van der Waals surface area contributed by atoms with Crippen LogP contribution in [0.5, 0.6) is 5.75 Å². The van der Waals surface area contributed by atoms with Crippen molar-refractivity contribution in [2.45, 2.75) is 36.9 Å². The molecule has 182 valence electrons. The van der Waals surface area contributed by atoms with Gasteiger partial charge < -0.3 is 25.0 Å². The van der Waals surface area contributed by atoms with E-state index in [4.69, 9.17) is 9.47 Å². The third kappa shape index (κ3) is 3.40. The molecule has 4 aliphatic heterocycles. The molecule has 2 atom stereocenters. The Morgan fingerprint density at radius 3 is 2.83 bits per heavy atom. The predicted octanol–water partition coefficient (Wildman–Crippen LogP) is 3.29. The Bertz CT molecular complexity index is 1330. The van der Waals surface area contributed by atoms with Crippen LogP contribution in [0.3, 0.4) is 0 Å². The normalized spacial score (nSPS) is 28.5. The second kappa shape index (κ2) is 7.66. The lowest BCUT2D eigenvalue weighted by Crippen LogP contribution is -2.44. The first-order chi connectivity index (χ1) is 17.0. The lowest BCUT2D eigenvalue weighted by molar-refractivity contribution is -0.0367. The van der Waals surface area contributed by atoms with Crippen molar-refractivity contribution in [3.8, 4) is 5.75 Å². The Morgan fingerprint density at radius 2 is 2.09 bits per heavy atom. The van der Waals surface area contributed by atoms with Gasteiger partial charge in [-0.15, -0.1) is 0 Å². The van der Waals surface area contributed by atoms with E-state index in [2.05, 4.69) is 25.6 Å². The molecule has 4 saturated heterocycles. The van der Waals surface area contributed by atoms with Gasteiger partial charge in [-0.1, -0.05) is 0 Å². The van der Waals surface area contributed by atoms with Gasteiger partial charge in [0.2, 0.25) is 5.82 Å². The molecule has 2 N–H and O–H groups in total. The third-order valence-corrected chi connectivity index (χ3v) is 7.61. The molecular weight excluding hydrogens is 461 g/mol. The van der Waals surface area contributed by atoms with Crippen LogP contribution in [0.15, 0.2) is 24.5 Å². The van der Waals surface area contributed by atoms with Gasteiger partial charge in [0, 0.05) is 31.2 Å². The summed E-state index contributed by atoms with van der Waals surface area (Å²) >= 11 is 0. The molecule has 0 amide bonds. The second-order valence-corrected chi connectivity index (χ2v) is 9.95. The lowest BCUT2D eigenvalue weighted by Gasteiger charge is -2.35. The smallest absolute Gasteiger partial charge is 0.202 e. The van der Waals surface area contributed by atoms with Crippen LogP contribution in [0.1, 0.15) is 19.3 Å². The molecule has 1 aliphatic carbocycles. The standard InChI is InChI=1S/C24H23F3N6O2/c25-15-4-17-21(32-23(15)33-8-13-3-14(33)7-28-13)22(30-11-29-17)31-16-1-2-18(20(27)19(16)26)34-10-24-5-12(6-24)9-35-24/h1-2,4,11-14,28H,3,5-10H2,(H,29,30,31)/t12?,13-,14-,24?/m0/s1. The van der Waals surface area contributed by atoms with E-state index in [1.807, 2.05) is 4.90 Å². The summed E-state index contributed by atoms with van der Waals surface area (Å²) in [5, 5.41) is 6.18. The molecule has 0 unspecified atom stereocenters. The lowest BCUT2D eigenvalue weighted by atomic mass is 9.75. The van der Waals surface area contributed by atoms with Crippen LogP contribution in [-0.2, 0) is 4.74 Å². The number of fused-ring (bicyclic) bond motifs is 4. The molecule has 4 bridgehead atoms. The van der Waals surface area contributed by atoms with Crippen molar-refractivity contribution in [1.29, 1.82) is 0 Å². The van der Waals surface area contributed by atoms with Crippen molar-refractivity contribution < 1.29 is 22.6 Å². The zero-order valence-electron chi connectivity index (χ0n) is 18.7. The highest BCUT2D eigenvalue weighted by Crippen LogP contribution is 2.48. The van der Waals surface area contributed by atoms with E-state index in [0.717, 1.165) is 25.8 Å². The molecular formula is C24H23F3N6O2. The molecule has 8 rings (SSSR count). The first-order valence-corrected chi connectivity index (χ1v) is 11.8. The minimum atomic E-state index is -1.10. The molecule has 1 saturated carbocycles. The fraction of sp³-hybridized carbons (Fsp3) is 0.458. The number of hydrogen-bond acceptors (Lipinski definition) is 8. The Balaban J connectivity index is 1.17. The van der Waals surface area contributed by atoms with Crippen LogP contribution >= 0.6 is 0 Å². The summed E-state index contributed by atoms with van der Waals surface area (Å²) in [6.45, 7) is 2.32. The van der Waals surface area contributed by atoms with E-state index in [0.29, 0.717) is 25.1 Å². The Hall–Kier alpha value is -3.18. The van der Waals surface area contributed by atoms with Gasteiger partial charge >= 0.3 is 0 Å². The number of halogens is 3. The largest absolute Gasteiger partial charge is 0.487 e. The SMILES string of the molecule is Fc1cc2ncnc(Nc3ccc(OCC45CC(CO4)C5)c(F)c3F)c2nc1N1C[C@@H]2C[C@H]1CN2. The minimum absolute atomic E-state index is 0.133. The summed E-state index contributed by atoms with van der Waals surface area (Å²) in [6, 6.07) is 4.53. The molecule has 5 fully saturated rings. The zero-order valence-corrected chi connectivity index (χ0v) is 18.7. The molecule has 1 aromatic carbocycles. The number of aromatic nitrogens is 3. The Labute approximate surface area is 198 Å². The summed E-state index contributed by atoms with van der Waals surface area (Å²) in [5.74, 6) is -1.92. The number of benzene rings is 1. The van der Waals surface area contributed by atoms with E-state index in [-0.39, 0.29) is 52.4 Å². The van der Waals surface area contributed by atoms with Crippen LogP contribution < -0.4 is 20.3 Å².